The van der Waals surface area contributed by atoms with E-state index in [4.69, 9.17) is 4.74 Å². The number of pyridine rings is 1. The molecule has 0 unspecified atom stereocenters. The molecule has 17 heavy (non-hydrogen) atoms. The average molecular weight is 231 g/mol. The first-order valence-corrected chi connectivity index (χ1v) is 5.64. The predicted octanol–water partition coefficient (Wildman–Crippen LogP) is 2.82. The molecule has 0 aliphatic carbocycles. The number of hydrogen-bond acceptors (Lipinski definition) is 3. The molecule has 0 aromatic carbocycles. The van der Waals surface area contributed by atoms with Crippen LogP contribution < -0.4 is 4.74 Å². The van der Waals surface area contributed by atoms with Crippen LogP contribution in [-0.2, 0) is 4.79 Å². The van der Waals surface area contributed by atoms with Crippen molar-refractivity contribution in [2.45, 2.75) is 33.6 Å². The fourth-order valence-electron chi connectivity index (χ4n) is 1.13. The van der Waals surface area contributed by atoms with E-state index < -0.39 is 5.41 Å². The van der Waals surface area contributed by atoms with E-state index in [1.807, 2.05) is 20.8 Å². The van der Waals surface area contributed by atoms with Crippen LogP contribution in [0.3, 0.4) is 0 Å². The Kier molecular flexibility index (Phi) is 4.71. The van der Waals surface area contributed by atoms with Gasteiger partial charge in [-0.3, -0.25) is 9.78 Å². The van der Waals surface area contributed by atoms with E-state index in [0.29, 0.717) is 12.2 Å². The summed E-state index contributed by atoms with van der Waals surface area (Å²) < 4.78 is 5.26. The van der Waals surface area contributed by atoms with E-state index in [2.05, 4.69) is 16.8 Å². The summed E-state index contributed by atoms with van der Waals surface area (Å²) in [7, 11) is 0. The largest absolute Gasteiger partial charge is 0.426 e. The van der Waals surface area contributed by atoms with Gasteiger partial charge in [-0.1, -0.05) is 6.92 Å². The molecule has 0 aliphatic rings. The van der Waals surface area contributed by atoms with E-state index in [1.165, 1.54) is 0 Å². The summed E-state index contributed by atoms with van der Waals surface area (Å²) in [6.45, 7) is 5.65. The van der Waals surface area contributed by atoms with Crippen LogP contribution in [0.5, 0.6) is 5.75 Å². The molecule has 0 radical (unpaired) electrons. The van der Waals surface area contributed by atoms with Crippen molar-refractivity contribution < 1.29 is 9.53 Å². The number of esters is 1. The van der Waals surface area contributed by atoms with Gasteiger partial charge in [-0.25, -0.2) is 0 Å². The van der Waals surface area contributed by atoms with Gasteiger partial charge in [0.25, 0.3) is 0 Å². The van der Waals surface area contributed by atoms with Crippen molar-refractivity contribution in [1.82, 2.24) is 4.98 Å². The van der Waals surface area contributed by atoms with Gasteiger partial charge in [0.15, 0.2) is 0 Å². The molecule has 1 heterocycles. The molecule has 90 valence electrons. The molecule has 3 nitrogen and oxygen atoms in total. The average Bonchev–Trinajstić information content (AvgIpc) is 2.30. The van der Waals surface area contributed by atoms with Crippen molar-refractivity contribution in [3.8, 4) is 17.6 Å². The number of ether oxygens (including phenoxy) is 1. The highest BCUT2D eigenvalue weighted by Crippen LogP contribution is 2.23. The third kappa shape index (κ3) is 4.28. The molecule has 0 atom stereocenters. The van der Waals surface area contributed by atoms with Crippen molar-refractivity contribution in [3.05, 3.63) is 24.5 Å². The van der Waals surface area contributed by atoms with Crippen LogP contribution >= 0.6 is 0 Å². The molecule has 1 aromatic rings. The number of nitrogens with zero attached hydrogens (tertiary/aromatic N) is 1. The topological polar surface area (TPSA) is 39.2 Å². The Morgan fingerprint density at radius 2 is 2.00 bits per heavy atom. The molecule has 0 spiro atoms. The summed E-state index contributed by atoms with van der Waals surface area (Å²) in [4.78, 5) is 15.8. The Balaban J connectivity index is 2.63. The third-order valence-electron chi connectivity index (χ3n) is 2.24. The van der Waals surface area contributed by atoms with Gasteiger partial charge in [-0.2, -0.15) is 0 Å². The molecule has 3 heteroatoms. The predicted molar refractivity (Wildman–Crippen MR) is 66.3 cm³/mol. The summed E-state index contributed by atoms with van der Waals surface area (Å²) in [5.74, 6) is 6.18. The SMILES string of the molecule is CCC#CCC(C)(C)C(=O)Oc1ccncc1. The first-order chi connectivity index (χ1) is 8.06. The molecule has 0 saturated carbocycles. The standard InChI is InChI=1S/C14H17NO2/c1-4-5-6-9-14(2,3)13(16)17-12-7-10-15-11-8-12/h7-8,10-11H,4,9H2,1-3H3. The van der Waals surface area contributed by atoms with E-state index in [1.54, 1.807) is 24.5 Å². The zero-order chi connectivity index (χ0) is 12.7. The second kappa shape index (κ2) is 6.05. The Labute approximate surface area is 102 Å². The van der Waals surface area contributed by atoms with E-state index in [0.717, 1.165) is 6.42 Å². The van der Waals surface area contributed by atoms with Gasteiger partial charge in [-0.15, -0.1) is 11.8 Å². The minimum absolute atomic E-state index is 0.269. The molecule has 1 rings (SSSR count). The molecule has 0 N–H and O–H groups in total. The van der Waals surface area contributed by atoms with Crippen LogP contribution in [0.15, 0.2) is 24.5 Å². The highest BCUT2D eigenvalue weighted by Gasteiger charge is 2.28. The zero-order valence-corrected chi connectivity index (χ0v) is 10.5. The Bertz CT molecular complexity index is 427. The van der Waals surface area contributed by atoms with Crippen molar-refractivity contribution >= 4 is 5.97 Å². The monoisotopic (exact) mass is 231 g/mol. The minimum Gasteiger partial charge on any atom is -0.426 e. The molecule has 0 fully saturated rings. The smallest absolute Gasteiger partial charge is 0.317 e. The van der Waals surface area contributed by atoms with Crippen LogP contribution in [0.25, 0.3) is 0 Å². The van der Waals surface area contributed by atoms with Crippen LogP contribution in [0, 0.1) is 17.3 Å². The Morgan fingerprint density at radius 1 is 1.35 bits per heavy atom. The molecule has 0 bridgehead atoms. The highest BCUT2D eigenvalue weighted by molar-refractivity contribution is 5.78. The van der Waals surface area contributed by atoms with Gasteiger partial charge in [0.1, 0.15) is 5.75 Å². The number of hydrogen-bond donors (Lipinski definition) is 0. The van der Waals surface area contributed by atoms with Crippen molar-refractivity contribution in [2.75, 3.05) is 0 Å². The van der Waals surface area contributed by atoms with Crippen LogP contribution in [-0.4, -0.2) is 11.0 Å². The first kappa shape index (κ1) is 13.2. The minimum atomic E-state index is -0.592. The fourth-order valence-corrected chi connectivity index (χ4v) is 1.13. The lowest BCUT2D eigenvalue weighted by atomic mass is 9.90. The summed E-state index contributed by atoms with van der Waals surface area (Å²) in [6, 6.07) is 3.32. The first-order valence-electron chi connectivity index (χ1n) is 5.64. The van der Waals surface area contributed by atoms with Crippen LogP contribution in [0.2, 0.25) is 0 Å². The number of carbonyl (C=O) groups excluding carboxylic acids is 1. The normalized spacial score (nSPS) is 10.3. The summed E-state index contributed by atoms with van der Waals surface area (Å²) in [5, 5.41) is 0. The van der Waals surface area contributed by atoms with E-state index >= 15 is 0 Å². The van der Waals surface area contributed by atoms with Gasteiger partial charge in [0.05, 0.1) is 5.41 Å². The van der Waals surface area contributed by atoms with Crippen molar-refractivity contribution in [1.29, 1.82) is 0 Å². The summed E-state index contributed by atoms with van der Waals surface area (Å²) >= 11 is 0. The van der Waals surface area contributed by atoms with Gasteiger partial charge in [-0.05, 0) is 26.0 Å². The number of rotatable bonds is 3. The number of aromatic nitrogens is 1. The highest BCUT2D eigenvalue weighted by atomic mass is 16.5. The molecule has 1 aromatic heterocycles. The second-order valence-electron chi connectivity index (χ2n) is 4.34. The lowest BCUT2D eigenvalue weighted by Gasteiger charge is -2.19. The van der Waals surface area contributed by atoms with Crippen molar-refractivity contribution in [3.63, 3.8) is 0 Å². The maximum atomic E-state index is 11.9. The molecular weight excluding hydrogens is 214 g/mol. The Hall–Kier alpha value is -1.82. The number of carbonyl (C=O) groups is 1. The molecular formula is C14H17NO2. The second-order valence-corrected chi connectivity index (χ2v) is 4.34. The van der Waals surface area contributed by atoms with Crippen LogP contribution in [0.4, 0.5) is 0 Å². The zero-order valence-electron chi connectivity index (χ0n) is 10.5. The quantitative estimate of drug-likeness (QED) is 0.593. The third-order valence-corrected chi connectivity index (χ3v) is 2.24. The summed E-state index contributed by atoms with van der Waals surface area (Å²) in [5.41, 5.74) is -0.592. The molecule has 0 aliphatic heterocycles. The van der Waals surface area contributed by atoms with E-state index in [-0.39, 0.29) is 5.97 Å². The van der Waals surface area contributed by atoms with Crippen molar-refractivity contribution in [2.24, 2.45) is 5.41 Å². The van der Waals surface area contributed by atoms with Gasteiger partial charge in [0.2, 0.25) is 0 Å². The lowest BCUT2D eigenvalue weighted by molar-refractivity contribution is -0.143. The van der Waals surface area contributed by atoms with Crippen LogP contribution in [0.1, 0.15) is 33.6 Å². The maximum Gasteiger partial charge on any atom is 0.317 e. The molecule has 0 amide bonds. The van der Waals surface area contributed by atoms with Gasteiger partial charge in [0, 0.05) is 25.2 Å². The fraction of sp³-hybridized carbons (Fsp3) is 0.429. The Morgan fingerprint density at radius 3 is 2.59 bits per heavy atom. The van der Waals surface area contributed by atoms with Gasteiger partial charge >= 0.3 is 5.97 Å². The maximum absolute atomic E-state index is 11.9. The van der Waals surface area contributed by atoms with Gasteiger partial charge < -0.3 is 4.74 Å². The molecule has 0 saturated heterocycles. The van der Waals surface area contributed by atoms with E-state index in [9.17, 15) is 4.79 Å². The lowest BCUT2D eigenvalue weighted by Crippen LogP contribution is -2.28. The summed E-state index contributed by atoms with van der Waals surface area (Å²) in [6.07, 6.45) is 4.49.